The van der Waals surface area contributed by atoms with Crippen molar-refractivity contribution in [1.29, 1.82) is 0 Å². The first-order valence-electron chi connectivity index (χ1n) is 4.64. The fourth-order valence-corrected chi connectivity index (χ4v) is 3.10. The Bertz CT molecular complexity index is 172. The molecular formula is C10H15I. The van der Waals surface area contributed by atoms with E-state index < -0.39 is 0 Å². The summed E-state index contributed by atoms with van der Waals surface area (Å²) in [6, 6.07) is 0. The zero-order chi connectivity index (χ0) is 7.68. The molecule has 1 heteroatoms. The molecule has 0 spiro atoms. The molecule has 1 fully saturated rings. The van der Waals surface area contributed by atoms with Crippen molar-refractivity contribution in [3.8, 4) is 0 Å². The molecule has 0 aromatic heterocycles. The number of fused-ring (bicyclic) bond motifs is 2. The lowest BCUT2D eigenvalue weighted by Crippen LogP contribution is -2.19. The molecule has 0 nitrogen and oxygen atoms in total. The normalized spacial score (nSPS) is 36.6. The van der Waals surface area contributed by atoms with E-state index in [1.165, 1.54) is 36.5 Å². The van der Waals surface area contributed by atoms with Gasteiger partial charge >= 0.3 is 0 Å². The van der Waals surface area contributed by atoms with Crippen molar-refractivity contribution in [2.75, 3.05) is 4.43 Å². The molecule has 0 amide bonds. The minimum atomic E-state index is 0.921. The molecule has 62 valence electrons. The monoisotopic (exact) mass is 262 g/mol. The number of allylic oxidation sites excluding steroid dienone is 2. The van der Waals surface area contributed by atoms with E-state index in [9.17, 15) is 0 Å². The van der Waals surface area contributed by atoms with Crippen LogP contribution in [0.25, 0.3) is 0 Å². The number of hydrogen-bond acceptors (Lipinski definition) is 0. The van der Waals surface area contributed by atoms with Gasteiger partial charge in [-0.1, -0.05) is 34.2 Å². The van der Waals surface area contributed by atoms with E-state index in [1.54, 1.807) is 5.57 Å². The Morgan fingerprint density at radius 3 is 3.18 bits per heavy atom. The van der Waals surface area contributed by atoms with Crippen LogP contribution in [0, 0.1) is 11.8 Å². The molecule has 11 heavy (non-hydrogen) atoms. The summed E-state index contributed by atoms with van der Waals surface area (Å²) in [4.78, 5) is 0. The summed E-state index contributed by atoms with van der Waals surface area (Å²) in [5, 5.41) is 0. The maximum Gasteiger partial charge on any atom is 0.00585 e. The fourth-order valence-electron chi connectivity index (χ4n) is 2.48. The second-order valence-electron chi connectivity index (χ2n) is 3.94. The van der Waals surface area contributed by atoms with Gasteiger partial charge in [0.15, 0.2) is 0 Å². The highest BCUT2D eigenvalue weighted by Crippen LogP contribution is 2.38. The van der Waals surface area contributed by atoms with E-state index in [4.69, 9.17) is 0 Å². The van der Waals surface area contributed by atoms with Gasteiger partial charge < -0.3 is 0 Å². The van der Waals surface area contributed by atoms with Gasteiger partial charge in [-0.25, -0.2) is 0 Å². The van der Waals surface area contributed by atoms with Gasteiger partial charge in [0.1, 0.15) is 0 Å². The van der Waals surface area contributed by atoms with Gasteiger partial charge in [0.2, 0.25) is 0 Å². The summed E-state index contributed by atoms with van der Waals surface area (Å²) in [5.74, 6) is 1.98. The van der Waals surface area contributed by atoms with Crippen molar-refractivity contribution in [2.45, 2.75) is 32.1 Å². The predicted octanol–water partition coefficient (Wildman–Crippen LogP) is 3.56. The van der Waals surface area contributed by atoms with E-state index in [1.807, 2.05) is 0 Å². The summed E-state index contributed by atoms with van der Waals surface area (Å²) >= 11 is 2.52. The lowest BCUT2D eigenvalue weighted by molar-refractivity contribution is 0.339. The molecule has 2 rings (SSSR count). The van der Waals surface area contributed by atoms with Crippen LogP contribution in [0.1, 0.15) is 32.1 Å². The second kappa shape index (κ2) is 3.46. The SMILES string of the molecule is ICC1C=C2CCCC(C2)C1. The number of rotatable bonds is 1. The molecule has 0 radical (unpaired) electrons. The van der Waals surface area contributed by atoms with Crippen LogP contribution < -0.4 is 0 Å². The average molecular weight is 262 g/mol. The van der Waals surface area contributed by atoms with Gasteiger partial charge in [-0.15, -0.1) is 0 Å². The smallest absolute Gasteiger partial charge is 0.00585 e. The lowest BCUT2D eigenvalue weighted by atomic mass is 9.75. The highest BCUT2D eigenvalue weighted by atomic mass is 127. The molecule has 0 heterocycles. The third-order valence-corrected chi connectivity index (χ3v) is 4.10. The molecule has 0 aromatic carbocycles. The van der Waals surface area contributed by atoms with Crippen LogP contribution in [0.3, 0.4) is 0 Å². The van der Waals surface area contributed by atoms with Crippen LogP contribution in [-0.4, -0.2) is 4.43 Å². The molecule has 2 unspecified atom stereocenters. The molecule has 2 aliphatic rings. The largest absolute Gasteiger partial charge is 0.0857 e. The Hall–Kier alpha value is 0.470. The Morgan fingerprint density at radius 2 is 2.45 bits per heavy atom. The third-order valence-electron chi connectivity index (χ3n) is 2.97. The highest BCUT2D eigenvalue weighted by molar-refractivity contribution is 14.1. The summed E-state index contributed by atoms with van der Waals surface area (Å²) < 4.78 is 1.33. The first-order valence-corrected chi connectivity index (χ1v) is 6.16. The van der Waals surface area contributed by atoms with Crippen LogP contribution in [0.15, 0.2) is 11.6 Å². The van der Waals surface area contributed by atoms with Crippen molar-refractivity contribution in [3.05, 3.63) is 11.6 Å². The van der Waals surface area contributed by atoms with Crippen molar-refractivity contribution >= 4 is 22.6 Å². The van der Waals surface area contributed by atoms with E-state index >= 15 is 0 Å². The number of halogens is 1. The van der Waals surface area contributed by atoms with Gasteiger partial charge in [0.25, 0.3) is 0 Å². The summed E-state index contributed by atoms with van der Waals surface area (Å²) in [6.45, 7) is 0. The zero-order valence-corrected chi connectivity index (χ0v) is 9.01. The van der Waals surface area contributed by atoms with Crippen molar-refractivity contribution in [1.82, 2.24) is 0 Å². The van der Waals surface area contributed by atoms with Gasteiger partial charge in [-0.2, -0.15) is 0 Å². The molecule has 0 saturated heterocycles. The van der Waals surface area contributed by atoms with Crippen LogP contribution in [0.5, 0.6) is 0 Å². The Balaban J connectivity index is 2.10. The van der Waals surface area contributed by atoms with Gasteiger partial charge in [0, 0.05) is 4.43 Å². The first kappa shape index (κ1) is 8.09. The van der Waals surface area contributed by atoms with Crippen molar-refractivity contribution in [3.63, 3.8) is 0 Å². The fraction of sp³-hybridized carbons (Fsp3) is 0.800. The zero-order valence-electron chi connectivity index (χ0n) is 6.85. The number of hydrogen-bond donors (Lipinski definition) is 0. The van der Waals surface area contributed by atoms with E-state index in [0.717, 1.165) is 11.8 Å². The molecule has 1 saturated carbocycles. The molecular weight excluding hydrogens is 247 g/mol. The van der Waals surface area contributed by atoms with Gasteiger partial charge in [-0.3, -0.25) is 0 Å². The Morgan fingerprint density at radius 1 is 1.55 bits per heavy atom. The standard InChI is InChI=1S/C10H15I/c11-7-10-5-8-2-1-3-9(4-8)6-10/h5,9-10H,1-4,6-7H2. The van der Waals surface area contributed by atoms with Gasteiger partial charge in [-0.05, 0) is 43.9 Å². The van der Waals surface area contributed by atoms with Crippen LogP contribution in [0.4, 0.5) is 0 Å². The van der Waals surface area contributed by atoms with Crippen molar-refractivity contribution < 1.29 is 0 Å². The maximum absolute atomic E-state index is 2.56. The maximum atomic E-state index is 2.56. The van der Waals surface area contributed by atoms with Crippen LogP contribution in [-0.2, 0) is 0 Å². The number of alkyl halides is 1. The molecule has 2 aliphatic carbocycles. The summed E-state index contributed by atoms with van der Waals surface area (Å²) in [5.41, 5.74) is 1.77. The molecule has 0 N–H and O–H groups in total. The van der Waals surface area contributed by atoms with Crippen LogP contribution >= 0.6 is 22.6 Å². The summed E-state index contributed by atoms with van der Waals surface area (Å²) in [7, 11) is 0. The Labute approximate surface area is 82.6 Å². The Kier molecular flexibility index (Phi) is 2.54. The molecule has 0 aromatic rings. The molecule has 2 bridgehead atoms. The lowest BCUT2D eigenvalue weighted by Gasteiger charge is -2.32. The third kappa shape index (κ3) is 1.79. The molecule has 2 atom stereocenters. The van der Waals surface area contributed by atoms with E-state index in [2.05, 4.69) is 28.7 Å². The van der Waals surface area contributed by atoms with Crippen molar-refractivity contribution in [2.24, 2.45) is 11.8 Å². The highest BCUT2D eigenvalue weighted by Gasteiger charge is 2.24. The van der Waals surface area contributed by atoms with E-state index in [0.29, 0.717) is 0 Å². The van der Waals surface area contributed by atoms with E-state index in [-0.39, 0.29) is 0 Å². The molecule has 0 aliphatic heterocycles. The quantitative estimate of drug-likeness (QED) is 0.385. The minimum Gasteiger partial charge on any atom is -0.0857 e. The predicted molar refractivity (Wildman–Crippen MR) is 57.0 cm³/mol. The van der Waals surface area contributed by atoms with Crippen LogP contribution in [0.2, 0.25) is 0 Å². The minimum absolute atomic E-state index is 0.921. The summed E-state index contributed by atoms with van der Waals surface area (Å²) in [6.07, 6.45) is 9.85. The van der Waals surface area contributed by atoms with Gasteiger partial charge in [0.05, 0.1) is 0 Å². The first-order chi connectivity index (χ1) is 5.38. The topological polar surface area (TPSA) is 0 Å². The average Bonchev–Trinajstić information content (AvgIpc) is 2.03. The second-order valence-corrected chi connectivity index (χ2v) is 4.82.